The molecule has 1 fully saturated rings. The molecule has 6 nitrogen and oxygen atoms in total. The van der Waals surface area contributed by atoms with Crippen LogP contribution >= 0.6 is 0 Å². The maximum absolute atomic E-state index is 13.5. The molecule has 2 aliphatic heterocycles. The van der Waals surface area contributed by atoms with Crippen LogP contribution in [0.2, 0.25) is 0 Å². The lowest BCUT2D eigenvalue weighted by Crippen LogP contribution is -2.68. The molecule has 0 aromatic heterocycles. The van der Waals surface area contributed by atoms with Gasteiger partial charge in [0.15, 0.2) is 5.41 Å². The number of aryl methyl sites for hydroxylation is 2. The summed E-state index contributed by atoms with van der Waals surface area (Å²) in [6.07, 6.45) is 0.272. The number of carbonyl (C=O) groups is 3. The van der Waals surface area contributed by atoms with Crippen molar-refractivity contribution < 1.29 is 14.4 Å². The molecule has 2 aromatic carbocycles. The highest BCUT2D eigenvalue weighted by Gasteiger charge is 2.56. The van der Waals surface area contributed by atoms with Gasteiger partial charge in [0.2, 0.25) is 5.91 Å². The van der Waals surface area contributed by atoms with Crippen molar-refractivity contribution >= 4 is 29.2 Å². The minimum absolute atomic E-state index is 0.226. The van der Waals surface area contributed by atoms with E-state index in [0.29, 0.717) is 5.69 Å². The Morgan fingerprint density at radius 1 is 0.963 bits per heavy atom. The molecule has 27 heavy (non-hydrogen) atoms. The van der Waals surface area contributed by atoms with Crippen LogP contribution in [0.5, 0.6) is 0 Å². The first-order valence-corrected chi connectivity index (χ1v) is 8.89. The number of benzene rings is 2. The summed E-state index contributed by atoms with van der Waals surface area (Å²) in [5.41, 5.74) is 3.17. The summed E-state index contributed by atoms with van der Waals surface area (Å²) in [4.78, 5) is 41.8. The van der Waals surface area contributed by atoms with Crippen LogP contribution in [0.3, 0.4) is 0 Å². The fourth-order valence-electron chi connectivity index (χ4n) is 4.00. The van der Waals surface area contributed by atoms with E-state index in [1.165, 1.54) is 0 Å². The van der Waals surface area contributed by atoms with Crippen molar-refractivity contribution in [3.05, 3.63) is 59.2 Å². The number of hydrogen-bond donors (Lipinski definition) is 1. The van der Waals surface area contributed by atoms with E-state index in [-0.39, 0.29) is 13.0 Å². The minimum Gasteiger partial charge on any atom is -0.373 e. The molecule has 2 aromatic rings. The Labute approximate surface area is 157 Å². The van der Waals surface area contributed by atoms with E-state index in [0.717, 1.165) is 27.3 Å². The minimum atomic E-state index is -1.33. The summed E-state index contributed by atoms with van der Waals surface area (Å²) in [5.74, 6) is -1.00. The highest BCUT2D eigenvalue weighted by atomic mass is 16.2. The first-order valence-electron chi connectivity index (χ1n) is 8.89. The second-order valence-corrected chi connectivity index (χ2v) is 7.48. The Hall–Kier alpha value is -3.15. The van der Waals surface area contributed by atoms with Gasteiger partial charge in [0.1, 0.15) is 0 Å². The van der Waals surface area contributed by atoms with Gasteiger partial charge in [-0.3, -0.25) is 14.9 Å². The van der Waals surface area contributed by atoms with Crippen molar-refractivity contribution in [3.8, 4) is 0 Å². The van der Waals surface area contributed by atoms with Crippen LogP contribution in [0.25, 0.3) is 0 Å². The van der Waals surface area contributed by atoms with E-state index in [9.17, 15) is 14.4 Å². The van der Waals surface area contributed by atoms with Crippen LogP contribution in [0.4, 0.5) is 16.2 Å². The average Bonchev–Trinajstić information content (AvgIpc) is 2.61. The van der Waals surface area contributed by atoms with Crippen molar-refractivity contribution in [2.45, 2.75) is 20.3 Å². The van der Waals surface area contributed by atoms with Crippen molar-refractivity contribution in [2.24, 2.45) is 5.41 Å². The molecule has 1 atom stereocenters. The van der Waals surface area contributed by atoms with Crippen LogP contribution < -0.4 is 15.1 Å². The molecular weight excluding hydrogens is 342 g/mol. The highest BCUT2D eigenvalue weighted by molar-refractivity contribution is 6.30. The number of carbonyl (C=O) groups excluding carboxylic acids is 3. The van der Waals surface area contributed by atoms with Gasteiger partial charge in [0, 0.05) is 19.3 Å². The van der Waals surface area contributed by atoms with Gasteiger partial charge >= 0.3 is 6.03 Å². The van der Waals surface area contributed by atoms with Gasteiger partial charge in [0.25, 0.3) is 5.91 Å². The van der Waals surface area contributed by atoms with Crippen molar-refractivity contribution in [3.63, 3.8) is 0 Å². The summed E-state index contributed by atoms with van der Waals surface area (Å²) in [5, 5.41) is 2.40. The maximum atomic E-state index is 13.5. The lowest BCUT2D eigenvalue weighted by Gasteiger charge is -2.45. The normalized spacial score (nSPS) is 22.1. The summed E-state index contributed by atoms with van der Waals surface area (Å²) in [7, 11) is 1.86. The first-order chi connectivity index (χ1) is 12.8. The molecule has 1 N–H and O–H groups in total. The van der Waals surface area contributed by atoms with Gasteiger partial charge in [-0.2, -0.15) is 0 Å². The Morgan fingerprint density at radius 3 is 2.33 bits per heavy atom. The summed E-state index contributed by atoms with van der Waals surface area (Å²) < 4.78 is 0. The second kappa shape index (κ2) is 5.94. The number of rotatable bonds is 1. The molecule has 0 saturated carbocycles. The zero-order valence-electron chi connectivity index (χ0n) is 15.6. The number of imide groups is 2. The van der Waals surface area contributed by atoms with E-state index >= 15 is 0 Å². The number of amides is 4. The number of urea groups is 1. The highest BCUT2D eigenvalue weighted by Crippen LogP contribution is 2.40. The van der Waals surface area contributed by atoms with E-state index in [1.54, 1.807) is 12.1 Å². The van der Waals surface area contributed by atoms with Gasteiger partial charge in [-0.15, -0.1) is 0 Å². The van der Waals surface area contributed by atoms with Crippen LogP contribution in [-0.4, -0.2) is 31.4 Å². The van der Waals surface area contributed by atoms with Crippen LogP contribution in [0, 0.1) is 19.3 Å². The molecule has 2 heterocycles. The molecule has 0 aliphatic carbocycles. The van der Waals surface area contributed by atoms with Crippen LogP contribution in [0.15, 0.2) is 42.5 Å². The summed E-state index contributed by atoms with van der Waals surface area (Å²) >= 11 is 0. The Bertz CT molecular complexity index is 967. The molecule has 2 aliphatic rings. The Morgan fingerprint density at radius 2 is 1.63 bits per heavy atom. The predicted molar refractivity (Wildman–Crippen MR) is 103 cm³/mol. The van der Waals surface area contributed by atoms with Crippen molar-refractivity contribution in [2.75, 3.05) is 23.4 Å². The molecule has 0 unspecified atom stereocenters. The zero-order chi connectivity index (χ0) is 19.3. The number of nitrogens with one attached hydrogen (secondary N) is 1. The third-order valence-corrected chi connectivity index (χ3v) is 5.41. The lowest BCUT2D eigenvalue weighted by atomic mass is 9.74. The Balaban J connectivity index is 1.80. The smallest absolute Gasteiger partial charge is 0.335 e. The number of anilines is 2. The molecular formula is C21H21N3O3. The zero-order valence-corrected chi connectivity index (χ0v) is 15.6. The number of nitrogens with zero attached hydrogens (tertiary/aromatic N) is 2. The molecule has 0 bridgehead atoms. The van der Waals surface area contributed by atoms with Crippen molar-refractivity contribution in [1.82, 2.24) is 5.32 Å². The van der Waals surface area contributed by atoms with Gasteiger partial charge in [-0.05, 0) is 44.0 Å². The fraction of sp³-hybridized carbons (Fsp3) is 0.286. The summed E-state index contributed by atoms with van der Waals surface area (Å²) in [6, 6.07) is 12.4. The summed E-state index contributed by atoms with van der Waals surface area (Å²) in [6.45, 7) is 4.14. The topological polar surface area (TPSA) is 69.7 Å². The van der Waals surface area contributed by atoms with Crippen LogP contribution in [-0.2, 0) is 16.0 Å². The lowest BCUT2D eigenvalue weighted by molar-refractivity contribution is -0.142. The predicted octanol–water partition coefficient (Wildman–Crippen LogP) is 2.57. The molecule has 0 radical (unpaired) electrons. The van der Waals surface area contributed by atoms with E-state index in [2.05, 4.69) is 5.32 Å². The second-order valence-electron chi connectivity index (χ2n) is 7.48. The maximum Gasteiger partial charge on any atom is 0.335 e. The van der Waals surface area contributed by atoms with E-state index in [4.69, 9.17) is 0 Å². The molecule has 6 heteroatoms. The first kappa shape index (κ1) is 17.3. The van der Waals surface area contributed by atoms with Gasteiger partial charge < -0.3 is 4.90 Å². The molecule has 4 amide bonds. The average molecular weight is 363 g/mol. The quantitative estimate of drug-likeness (QED) is 0.791. The monoisotopic (exact) mass is 363 g/mol. The van der Waals surface area contributed by atoms with E-state index < -0.39 is 23.3 Å². The van der Waals surface area contributed by atoms with E-state index in [1.807, 2.05) is 56.1 Å². The number of fused-ring (bicyclic) bond motifs is 1. The van der Waals surface area contributed by atoms with Gasteiger partial charge in [0.05, 0.1) is 5.69 Å². The van der Waals surface area contributed by atoms with Gasteiger partial charge in [-0.1, -0.05) is 35.4 Å². The standard InChI is InChI=1S/C21H21N3O3/c1-13-4-7-16(8-5-13)24-19(26)21(18(25)22-20(24)27)11-15-10-14(2)6-9-17(15)23(3)12-21/h4-10H,11-12H2,1-3H3,(H,22,25,27)/t21-/m1/s1. The molecule has 1 spiro atoms. The molecule has 138 valence electrons. The molecule has 1 saturated heterocycles. The Kier molecular flexibility index (Phi) is 3.80. The third-order valence-electron chi connectivity index (χ3n) is 5.41. The van der Waals surface area contributed by atoms with Gasteiger partial charge in [-0.25, -0.2) is 9.69 Å². The van der Waals surface area contributed by atoms with Crippen LogP contribution in [0.1, 0.15) is 16.7 Å². The fourth-order valence-corrected chi connectivity index (χ4v) is 4.00. The number of barbiturate groups is 1. The third kappa shape index (κ3) is 2.60. The largest absolute Gasteiger partial charge is 0.373 e. The van der Waals surface area contributed by atoms with Crippen molar-refractivity contribution in [1.29, 1.82) is 0 Å². The number of hydrogen-bond acceptors (Lipinski definition) is 4. The molecule has 4 rings (SSSR count). The SMILES string of the molecule is Cc1ccc(N2C(=O)NC(=O)[C@]3(Cc4cc(C)ccc4N(C)C3)C2=O)cc1.